The number of hydrogen-bond donors (Lipinski definition) is 0. The molecule has 0 aliphatic carbocycles. The topological polar surface area (TPSA) is 104 Å². The van der Waals surface area contributed by atoms with Gasteiger partial charge in [-0.25, -0.2) is 0 Å². The maximum Gasteiger partial charge on any atom is 0.281 e. The lowest BCUT2D eigenvalue weighted by atomic mass is 10.1. The smallest absolute Gasteiger partial charge is 0.268 e. The number of benzene rings is 1. The van der Waals surface area contributed by atoms with E-state index < -0.39 is 9.85 Å². The number of non-ortho nitro benzene ring substituents is 1. The van der Waals surface area contributed by atoms with Gasteiger partial charge < -0.3 is 0 Å². The summed E-state index contributed by atoms with van der Waals surface area (Å²) in [4.78, 5) is 20.3. The fourth-order valence-corrected chi connectivity index (χ4v) is 1.84. The van der Waals surface area contributed by atoms with Gasteiger partial charge in [0.25, 0.3) is 11.4 Å². The van der Waals surface area contributed by atoms with Crippen molar-refractivity contribution in [2.75, 3.05) is 0 Å². The SMILES string of the molecule is O=[N+]([O-])c1ccc(Cn2cc(CCl)cn2)c([N+](=O)[O-])c1. The van der Waals surface area contributed by atoms with Crippen molar-refractivity contribution in [1.82, 2.24) is 9.78 Å². The Kier molecular flexibility index (Phi) is 3.94. The Morgan fingerprint density at radius 2 is 2.00 bits per heavy atom. The Morgan fingerprint density at radius 3 is 2.55 bits per heavy atom. The number of hydrogen-bond acceptors (Lipinski definition) is 5. The molecule has 0 saturated carbocycles. The van der Waals surface area contributed by atoms with E-state index in [-0.39, 0.29) is 17.9 Å². The zero-order valence-electron chi connectivity index (χ0n) is 10.1. The molecule has 0 bridgehead atoms. The third-order valence-corrected chi connectivity index (χ3v) is 2.96. The molecular weight excluding hydrogens is 288 g/mol. The highest BCUT2D eigenvalue weighted by Crippen LogP contribution is 2.25. The van der Waals surface area contributed by atoms with Crippen molar-refractivity contribution >= 4 is 23.0 Å². The molecule has 0 radical (unpaired) electrons. The second-order valence-corrected chi connectivity index (χ2v) is 4.27. The van der Waals surface area contributed by atoms with Crippen LogP contribution in [0.1, 0.15) is 11.1 Å². The molecule has 0 unspecified atom stereocenters. The van der Waals surface area contributed by atoms with Crippen LogP contribution in [-0.2, 0) is 12.4 Å². The molecule has 20 heavy (non-hydrogen) atoms. The fraction of sp³-hybridized carbons (Fsp3) is 0.182. The van der Waals surface area contributed by atoms with Crippen molar-refractivity contribution < 1.29 is 9.85 Å². The molecule has 0 saturated heterocycles. The van der Waals surface area contributed by atoms with E-state index in [1.807, 2.05) is 0 Å². The monoisotopic (exact) mass is 296 g/mol. The minimum atomic E-state index is -0.670. The first-order valence-corrected chi connectivity index (χ1v) is 6.03. The zero-order valence-corrected chi connectivity index (χ0v) is 10.9. The van der Waals surface area contributed by atoms with Gasteiger partial charge in [-0.3, -0.25) is 24.9 Å². The zero-order chi connectivity index (χ0) is 14.7. The molecule has 1 heterocycles. The third kappa shape index (κ3) is 2.91. The number of nitrogens with zero attached hydrogens (tertiary/aromatic N) is 4. The van der Waals surface area contributed by atoms with E-state index >= 15 is 0 Å². The molecule has 1 aromatic heterocycles. The molecule has 0 N–H and O–H groups in total. The van der Waals surface area contributed by atoms with E-state index in [2.05, 4.69) is 5.10 Å². The first kappa shape index (κ1) is 13.9. The van der Waals surface area contributed by atoms with Gasteiger partial charge >= 0.3 is 0 Å². The van der Waals surface area contributed by atoms with Crippen LogP contribution < -0.4 is 0 Å². The highest BCUT2D eigenvalue weighted by molar-refractivity contribution is 6.17. The molecule has 0 aliphatic heterocycles. The fourth-order valence-electron chi connectivity index (χ4n) is 1.71. The van der Waals surface area contributed by atoms with Gasteiger partial charge in [-0.15, -0.1) is 11.6 Å². The van der Waals surface area contributed by atoms with Gasteiger partial charge in [0.1, 0.15) is 0 Å². The van der Waals surface area contributed by atoms with Crippen LogP contribution in [0, 0.1) is 20.2 Å². The second kappa shape index (κ2) is 5.66. The predicted octanol–water partition coefficient (Wildman–Crippen LogP) is 2.49. The van der Waals surface area contributed by atoms with Crippen LogP contribution in [0.2, 0.25) is 0 Å². The molecule has 1 aromatic carbocycles. The number of nitro groups is 2. The highest BCUT2D eigenvalue weighted by Gasteiger charge is 2.19. The van der Waals surface area contributed by atoms with Crippen molar-refractivity contribution in [3.8, 4) is 0 Å². The summed E-state index contributed by atoms with van der Waals surface area (Å²) in [6.45, 7) is 0.144. The number of aromatic nitrogens is 2. The molecule has 0 fully saturated rings. The molecule has 2 rings (SSSR count). The maximum atomic E-state index is 11.0. The second-order valence-electron chi connectivity index (χ2n) is 4.01. The Morgan fingerprint density at radius 1 is 1.25 bits per heavy atom. The molecule has 0 spiro atoms. The molecule has 9 heteroatoms. The summed E-state index contributed by atoms with van der Waals surface area (Å²) in [5.41, 5.74) is 0.505. The maximum absolute atomic E-state index is 11.0. The van der Waals surface area contributed by atoms with Crippen LogP contribution in [0.3, 0.4) is 0 Å². The van der Waals surface area contributed by atoms with Gasteiger partial charge in [-0.2, -0.15) is 5.10 Å². The van der Waals surface area contributed by atoms with Crippen LogP contribution in [0.25, 0.3) is 0 Å². The van der Waals surface area contributed by atoms with Crippen LogP contribution in [-0.4, -0.2) is 19.6 Å². The van der Waals surface area contributed by atoms with E-state index in [0.717, 1.165) is 11.6 Å². The lowest BCUT2D eigenvalue weighted by molar-refractivity contribution is -0.394. The number of alkyl halides is 1. The molecule has 8 nitrogen and oxygen atoms in total. The van der Waals surface area contributed by atoms with Gasteiger partial charge in [-0.1, -0.05) is 0 Å². The molecule has 104 valence electrons. The lowest BCUT2D eigenvalue weighted by Crippen LogP contribution is -2.04. The number of rotatable bonds is 5. The summed E-state index contributed by atoms with van der Waals surface area (Å²) in [6, 6.07) is 3.54. The van der Waals surface area contributed by atoms with Crippen LogP contribution >= 0.6 is 11.6 Å². The van der Waals surface area contributed by atoms with Crippen LogP contribution in [0.4, 0.5) is 11.4 Å². The van der Waals surface area contributed by atoms with E-state index in [1.165, 1.54) is 16.8 Å². The minimum Gasteiger partial charge on any atom is -0.268 e. The average molecular weight is 297 g/mol. The van der Waals surface area contributed by atoms with E-state index in [1.54, 1.807) is 12.4 Å². The summed E-state index contributed by atoms with van der Waals surface area (Å²) < 4.78 is 1.49. The number of halogens is 1. The minimum absolute atomic E-state index is 0.144. The van der Waals surface area contributed by atoms with Crippen LogP contribution in [0.5, 0.6) is 0 Å². The normalized spacial score (nSPS) is 10.4. The Hall–Kier alpha value is -2.48. The largest absolute Gasteiger partial charge is 0.281 e. The standard InChI is InChI=1S/C11H9ClN4O4/c12-4-8-5-13-14(6-8)7-9-1-2-10(15(17)18)3-11(9)16(19)20/h1-3,5-6H,4,7H2. The van der Waals surface area contributed by atoms with Crippen LogP contribution in [0.15, 0.2) is 30.6 Å². The Labute approximate surface area is 117 Å². The summed E-state index contributed by atoms with van der Waals surface area (Å²) in [5.74, 6) is 0.294. The van der Waals surface area contributed by atoms with E-state index in [9.17, 15) is 20.2 Å². The summed E-state index contributed by atoms with van der Waals surface area (Å²) in [7, 11) is 0. The molecule has 2 aromatic rings. The van der Waals surface area contributed by atoms with E-state index in [0.29, 0.717) is 11.4 Å². The Balaban J connectivity index is 2.35. The van der Waals surface area contributed by atoms with Gasteiger partial charge in [0.05, 0.1) is 40.1 Å². The summed E-state index contributed by atoms with van der Waals surface area (Å²) >= 11 is 5.64. The average Bonchev–Trinajstić information content (AvgIpc) is 2.86. The van der Waals surface area contributed by atoms with Crippen molar-refractivity contribution in [1.29, 1.82) is 0 Å². The molecule has 0 atom stereocenters. The molecule has 0 amide bonds. The Bertz CT molecular complexity index is 670. The molecular formula is C11H9ClN4O4. The van der Waals surface area contributed by atoms with Crippen molar-refractivity contribution in [3.63, 3.8) is 0 Å². The first-order chi connectivity index (χ1) is 9.51. The highest BCUT2D eigenvalue weighted by atomic mass is 35.5. The quantitative estimate of drug-likeness (QED) is 0.479. The van der Waals surface area contributed by atoms with Gasteiger partial charge in [0, 0.05) is 17.8 Å². The van der Waals surface area contributed by atoms with Crippen molar-refractivity contribution in [2.45, 2.75) is 12.4 Å². The van der Waals surface area contributed by atoms with E-state index in [4.69, 9.17) is 11.6 Å². The predicted molar refractivity (Wildman–Crippen MR) is 70.6 cm³/mol. The van der Waals surface area contributed by atoms with Crippen molar-refractivity contribution in [3.05, 3.63) is 61.9 Å². The van der Waals surface area contributed by atoms with Crippen molar-refractivity contribution in [2.24, 2.45) is 0 Å². The summed E-state index contributed by atoms with van der Waals surface area (Å²) in [6.07, 6.45) is 3.22. The van der Waals surface area contributed by atoms with Gasteiger partial charge in [0.2, 0.25) is 0 Å². The van der Waals surface area contributed by atoms with Gasteiger partial charge in [-0.05, 0) is 6.07 Å². The first-order valence-electron chi connectivity index (χ1n) is 5.50. The summed E-state index contributed by atoms with van der Waals surface area (Å²) in [5, 5.41) is 25.6. The molecule has 0 aliphatic rings. The van der Waals surface area contributed by atoms with Gasteiger partial charge in [0.15, 0.2) is 0 Å². The third-order valence-electron chi connectivity index (χ3n) is 2.65. The number of nitro benzene ring substituents is 2. The lowest BCUT2D eigenvalue weighted by Gasteiger charge is -2.03.